The van der Waals surface area contributed by atoms with Gasteiger partial charge in [-0.3, -0.25) is 0 Å². The Morgan fingerprint density at radius 2 is 2.00 bits per heavy atom. The summed E-state index contributed by atoms with van der Waals surface area (Å²) in [6.07, 6.45) is 1.75. The summed E-state index contributed by atoms with van der Waals surface area (Å²) in [5, 5.41) is 3.32. The van der Waals surface area contributed by atoms with Crippen LogP contribution in [-0.4, -0.2) is 32.2 Å². The van der Waals surface area contributed by atoms with Gasteiger partial charge < -0.3 is 15.0 Å². The molecule has 110 valence electrons. The van der Waals surface area contributed by atoms with Crippen molar-refractivity contribution in [1.29, 1.82) is 0 Å². The minimum absolute atomic E-state index is 0.327. The molecule has 0 saturated carbocycles. The van der Waals surface area contributed by atoms with Crippen molar-refractivity contribution in [2.45, 2.75) is 6.54 Å². The largest absolute Gasteiger partial charge is 0.465 e. The molecule has 0 bridgehead atoms. The quantitative estimate of drug-likeness (QED) is 0.856. The van der Waals surface area contributed by atoms with Gasteiger partial charge in [0.2, 0.25) is 0 Å². The SMILES string of the molecule is COC(=O)c1ccccc1CNc1cccnc1N(C)C. The molecule has 5 nitrogen and oxygen atoms in total. The van der Waals surface area contributed by atoms with Crippen molar-refractivity contribution >= 4 is 17.5 Å². The molecule has 1 aromatic carbocycles. The third-order valence-corrected chi connectivity index (χ3v) is 3.10. The number of carbonyl (C=O) groups is 1. The number of methoxy groups -OCH3 is 1. The number of ether oxygens (including phenoxy) is 1. The maximum Gasteiger partial charge on any atom is 0.338 e. The maximum absolute atomic E-state index is 11.8. The van der Waals surface area contributed by atoms with Crippen LogP contribution in [0.25, 0.3) is 0 Å². The molecule has 0 amide bonds. The fourth-order valence-electron chi connectivity index (χ4n) is 2.07. The molecule has 2 aromatic rings. The van der Waals surface area contributed by atoms with Gasteiger partial charge in [-0.1, -0.05) is 18.2 Å². The molecule has 1 N–H and O–H groups in total. The molecule has 5 heteroatoms. The van der Waals surface area contributed by atoms with E-state index in [0.717, 1.165) is 17.1 Å². The minimum Gasteiger partial charge on any atom is -0.465 e. The average molecular weight is 285 g/mol. The summed E-state index contributed by atoms with van der Waals surface area (Å²) in [6.45, 7) is 0.526. The van der Waals surface area contributed by atoms with Crippen molar-refractivity contribution < 1.29 is 9.53 Å². The Hall–Kier alpha value is -2.56. The Morgan fingerprint density at radius 1 is 1.24 bits per heavy atom. The van der Waals surface area contributed by atoms with Crippen molar-refractivity contribution in [1.82, 2.24) is 4.98 Å². The summed E-state index contributed by atoms with van der Waals surface area (Å²) < 4.78 is 4.80. The number of anilines is 2. The molecule has 0 unspecified atom stereocenters. The normalized spacial score (nSPS) is 10.0. The Bertz CT molecular complexity index is 626. The molecule has 0 spiro atoms. The van der Waals surface area contributed by atoms with E-state index in [2.05, 4.69) is 10.3 Å². The fourth-order valence-corrected chi connectivity index (χ4v) is 2.07. The van der Waals surface area contributed by atoms with Crippen LogP contribution >= 0.6 is 0 Å². The van der Waals surface area contributed by atoms with E-state index >= 15 is 0 Å². The molecule has 0 aliphatic carbocycles. The number of aromatic nitrogens is 1. The second kappa shape index (κ2) is 6.74. The molecule has 0 aliphatic heterocycles. The first-order valence-electron chi connectivity index (χ1n) is 6.66. The van der Waals surface area contributed by atoms with Crippen LogP contribution in [0, 0.1) is 0 Å². The summed E-state index contributed by atoms with van der Waals surface area (Å²) >= 11 is 0. The first-order valence-corrected chi connectivity index (χ1v) is 6.66. The summed E-state index contributed by atoms with van der Waals surface area (Å²) in [7, 11) is 5.27. The number of nitrogens with zero attached hydrogens (tertiary/aromatic N) is 2. The number of esters is 1. The monoisotopic (exact) mass is 285 g/mol. The zero-order valence-corrected chi connectivity index (χ0v) is 12.5. The second-order valence-corrected chi connectivity index (χ2v) is 4.77. The van der Waals surface area contributed by atoms with E-state index in [4.69, 9.17) is 4.74 Å². The average Bonchev–Trinajstić information content (AvgIpc) is 2.52. The van der Waals surface area contributed by atoms with Gasteiger partial charge in [-0.15, -0.1) is 0 Å². The van der Waals surface area contributed by atoms with Gasteiger partial charge in [0.05, 0.1) is 18.4 Å². The van der Waals surface area contributed by atoms with E-state index < -0.39 is 0 Å². The number of hydrogen-bond acceptors (Lipinski definition) is 5. The lowest BCUT2D eigenvalue weighted by Gasteiger charge is -2.17. The molecule has 0 saturated heterocycles. The Balaban J connectivity index is 2.20. The number of nitrogens with one attached hydrogen (secondary N) is 1. The van der Waals surface area contributed by atoms with Crippen LogP contribution in [-0.2, 0) is 11.3 Å². The predicted octanol–water partition coefficient (Wildman–Crippen LogP) is 2.55. The standard InChI is InChI=1S/C16H19N3O2/c1-19(2)15-14(9-6-10-17-15)18-11-12-7-4-5-8-13(12)16(20)21-3/h4-10,18H,11H2,1-3H3. The molecule has 0 radical (unpaired) electrons. The highest BCUT2D eigenvalue weighted by atomic mass is 16.5. The lowest BCUT2D eigenvalue weighted by atomic mass is 10.1. The third kappa shape index (κ3) is 3.51. The number of benzene rings is 1. The summed E-state index contributed by atoms with van der Waals surface area (Å²) in [5.41, 5.74) is 2.38. The van der Waals surface area contributed by atoms with Crippen LogP contribution in [0.4, 0.5) is 11.5 Å². The molecule has 0 atom stereocenters. The first-order chi connectivity index (χ1) is 10.1. The van der Waals surface area contributed by atoms with Crippen molar-refractivity contribution in [3.8, 4) is 0 Å². The van der Waals surface area contributed by atoms with E-state index in [1.165, 1.54) is 7.11 Å². The highest BCUT2D eigenvalue weighted by molar-refractivity contribution is 5.91. The smallest absolute Gasteiger partial charge is 0.338 e. The highest BCUT2D eigenvalue weighted by Crippen LogP contribution is 2.21. The topological polar surface area (TPSA) is 54.5 Å². The highest BCUT2D eigenvalue weighted by Gasteiger charge is 2.11. The Morgan fingerprint density at radius 3 is 2.71 bits per heavy atom. The van der Waals surface area contributed by atoms with Crippen LogP contribution < -0.4 is 10.2 Å². The lowest BCUT2D eigenvalue weighted by Crippen LogP contribution is -2.14. The summed E-state index contributed by atoms with van der Waals surface area (Å²) in [4.78, 5) is 18.0. The number of hydrogen-bond donors (Lipinski definition) is 1. The third-order valence-electron chi connectivity index (χ3n) is 3.10. The van der Waals surface area contributed by atoms with E-state index in [0.29, 0.717) is 12.1 Å². The number of pyridine rings is 1. The number of rotatable bonds is 5. The van der Waals surface area contributed by atoms with Gasteiger partial charge in [-0.2, -0.15) is 0 Å². The minimum atomic E-state index is -0.327. The molecule has 1 aromatic heterocycles. The van der Waals surface area contributed by atoms with Gasteiger partial charge in [-0.25, -0.2) is 9.78 Å². The second-order valence-electron chi connectivity index (χ2n) is 4.77. The molecule has 21 heavy (non-hydrogen) atoms. The number of carbonyl (C=O) groups excluding carboxylic acids is 1. The van der Waals surface area contributed by atoms with Crippen molar-refractivity contribution in [3.05, 3.63) is 53.7 Å². The van der Waals surface area contributed by atoms with Gasteiger partial charge in [0.15, 0.2) is 5.82 Å². The van der Waals surface area contributed by atoms with Crippen molar-refractivity contribution in [2.24, 2.45) is 0 Å². The summed E-state index contributed by atoms with van der Waals surface area (Å²) in [5.74, 6) is 0.527. The van der Waals surface area contributed by atoms with Crippen LogP contribution in [0.5, 0.6) is 0 Å². The van der Waals surface area contributed by atoms with Crippen LogP contribution in [0.15, 0.2) is 42.6 Å². The van der Waals surface area contributed by atoms with E-state index in [1.54, 1.807) is 12.3 Å². The van der Waals surface area contributed by atoms with Crippen molar-refractivity contribution in [3.63, 3.8) is 0 Å². The first kappa shape index (κ1) is 14.8. The molecule has 0 aliphatic rings. The Labute approximate surface area is 124 Å². The van der Waals surface area contributed by atoms with E-state index in [-0.39, 0.29) is 5.97 Å². The predicted molar refractivity (Wildman–Crippen MR) is 83.7 cm³/mol. The lowest BCUT2D eigenvalue weighted by molar-refractivity contribution is 0.0599. The van der Waals surface area contributed by atoms with Gasteiger partial charge in [0.25, 0.3) is 0 Å². The van der Waals surface area contributed by atoms with Crippen LogP contribution in [0.3, 0.4) is 0 Å². The van der Waals surface area contributed by atoms with Gasteiger partial charge in [-0.05, 0) is 23.8 Å². The zero-order valence-electron chi connectivity index (χ0n) is 12.5. The molecular weight excluding hydrogens is 266 g/mol. The fraction of sp³-hybridized carbons (Fsp3) is 0.250. The van der Waals surface area contributed by atoms with Crippen molar-refractivity contribution in [2.75, 3.05) is 31.4 Å². The van der Waals surface area contributed by atoms with Crippen LogP contribution in [0.1, 0.15) is 15.9 Å². The zero-order chi connectivity index (χ0) is 15.2. The van der Waals surface area contributed by atoms with E-state index in [1.807, 2.05) is 49.3 Å². The molecular formula is C16H19N3O2. The van der Waals surface area contributed by atoms with Gasteiger partial charge >= 0.3 is 5.97 Å². The Kier molecular flexibility index (Phi) is 4.77. The maximum atomic E-state index is 11.8. The molecule has 0 fully saturated rings. The molecule has 2 rings (SSSR count). The van der Waals surface area contributed by atoms with Crippen LogP contribution in [0.2, 0.25) is 0 Å². The van der Waals surface area contributed by atoms with Gasteiger partial charge in [0.1, 0.15) is 0 Å². The van der Waals surface area contributed by atoms with E-state index in [9.17, 15) is 4.79 Å². The molecule has 1 heterocycles. The summed E-state index contributed by atoms with van der Waals surface area (Å²) in [6, 6.07) is 11.2. The van der Waals surface area contributed by atoms with Gasteiger partial charge in [0, 0.05) is 26.8 Å².